The fourth-order valence-electron chi connectivity index (χ4n) is 3.21. The molecular formula is C21H24N2O4. The number of ether oxygens (including phenoxy) is 2. The number of methoxy groups -OCH3 is 2. The minimum absolute atomic E-state index is 0.00618. The highest BCUT2D eigenvalue weighted by Gasteiger charge is 2.17. The first-order valence-electron chi connectivity index (χ1n) is 8.87. The first kappa shape index (κ1) is 18.8. The number of aliphatic hydroxyl groups excluding tert-OH is 1. The number of carbonyl (C=O) groups excluding carboxylic acids is 1. The topological polar surface area (TPSA) is 83.6 Å². The van der Waals surface area contributed by atoms with Crippen LogP contribution in [0.2, 0.25) is 0 Å². The monoisotopic (exact) mass is 368 g/mol. The second kappa shape index (κ2) is 8.60. The van der Waals surface area contributed by atoms with Gasteiger partial charge in [0.1, 0.15) is 5.69 Å². The molecule has 0 fully saturated rings. The molecule has 3 N–H and O–H groups in total. The zero-order valence-electron chi connectivity index (χ0n) is 15.5. The van der Waals surface area contributed by atoms with Crippen LogP contribution < -0.4 is 14.8 Å². The summed E-state index contributed by atoms with van der Waals surface area (Å²) in [6.07, 6.45) is 1.10. The number of rotatable bonds is 8. The minimum Gasteiger partial charge on any atom is -0.493 e. The van der Waals surface area contributed by atoms with Gasteiger partial charge in [0, 0.05) is 24.1 Å². The molecule has 1 amide bonds. The molecule has 0 aliphatic rings. The number of hydrogen-bond acceptors (Lipinski definition) is 4. The third kappa shape index (κ3) is 4.06. The molecule has 0 aliphatic heterocycles. The molecule has 0 saturated carbocycles. The Labute approximate surface area is 158 Å². The molecule has 27 heavy (non-hydrogen) atoms. The maximum atomic E-state index is 12.7. The SMILES string of the molecule is COc1ccc(CCNC(=O)c2[nH]c3ccccc3c2CCO)cc1OC. The molecule has 1 aromatic heterocycles. The predicted molar refractivity (Wildman–Crippen MR) is 105 cm³/mol. The lowest BCUT2D eigenvalue weighted by Crippen LogP contribution is -2.27. The van der Waals surface area contributed by atoms with Gasteiger partial charge in [-0.05, 0) is 42.2 Å². The minimum atomic E-state index is -0.171. The molecule has 142 valence electrons. The molecule has 0 aliphatic carbocycles. The van der Waals surface area contributed by atoms with Gasteiger partial charge in [0.05, 0.1) is 14.2 Å². The van der Waals surface area contributed by atoms with Crippen molar-refractivity contribution in [1.82, 2.24) is 10.3 Å². The number of benzene rings is 2. The van der Waals surface area contributed by atoms with E-state index in [1.165, 1.54) is 0 Å². The van der Waals surface area contributed by atoms with Crippen molar-refractivity contribution in [2.75, 3.05) is 27.4 Å². The second-order valence-electron chi connectivity index (χ2n) is 6.19. The molecule has 0 atom stereocenters. The number of carbonyl (C=O) groups is 1. The number of aromatic nitrogens is 1. The van der Waals surface area contributed by atoms with Crippen molar-refractivity contribution in [2.45, 2.75) is 12.8 Å². The van der Waals surface area contributed by atoms with Crippen molar-refractivity contribution in [3.63, 3.8) is 0 Å². The molecule has 3 aromatic rings. The Morgan fingerprint density at radius 3 is 2.59 bits per heavy atom. The van der Waals surface area contributed by atoms with Crippen molar-refractivity contribution < 1.29 is 19.4 Å². The second-order valence-corrected chi connectivity index (χ2v) is 6.19. The Morgan fingerprint density at radius 1 is 1.07 bits per heavy atom. The van der Waals surface area contributed by atoms with E-state index in [0.29, 0.717) is 36.6 Å². The number of para-hydroxylation sites is 1. The lowest BCUT2D eigenvalue weighted by molar-refractivity contribution is 0.0949. The highest BCUT2D eigenvalue weighted by molar-refractivity contribution is 6.01. The standard InChI is InChI=1S/C21H24N2O4/c1-26-18-8-7-14(13-19(18)27-2)9-11-22-21(25)20-16(10-12-24)15-5-3-4-6-17(15)23-20/h3-8,13,23-24H,9-12H2,1-2H3,(H,22,25). The van der Waals surface area contributed by atoms with E-state index in [1.54, 1.807) is 14.2 Å². The molecule has 6 nitrogen and oxygen atoms in total. The molecule has 0 unspecified atom stereocenters. The Bertz CT molecular complexity index is 933. The summed E-state index contributed by atoms with van der Waals surface area (Å²) in [6.45, 7) is 0.482. The van der Waals surface area contributed by atoms with Crippen LogP contribution in [-0.2, 0) is 12.8 Å². The lowest BCUT2D eigenvalue weighted by Gasteiger charge is -2.10. The molecule has 2 aromatic carbocycles. The van der Waals surface area contributed by atoms with Crippen molar-refractivity contribution in [3.05, 3.63) is 59.3 Å². The number of fused-ring (bicyclic) bond motifs is 1. The van der Waals surface area contributed by atoms with E-state index < -0.39 is 0 Å². The summed E-state index contributed by atoms with van der Waals surface area (Å²) < 4.78 is 10.5. The van der Waals surface area contributed by atoms with Gasteiger partial charge in [0.2, 0.25) is 0 Å². The predicted octanol–water partition coefficient (Wildman–Crippen LogP) is 2.69. The first-order chi connectivity index (χ1) is 13.2. The average molecular weight is 368 g/mol. The van der Waals surface area contributed by atoms with Crippen LogP contribution >= 0.6 is 0 Å². The van der Waals surface area contributed by atoms with E-state index in [2.05, 4.69) is 10.3 Å². The van der Waals surface area contributed by atoms with Gasteiger partial charge in [-0.3, -0.25) is 4.79 Å². The number of H-pyrrole nitrogens is 1. The Hall–Kier alpha value is -2.99. The summed E-state index contributed by atoms with van der Waals surface area (Å²) in [5, 5.41) is 13.3. The average Bonchev–Trinajstić information content (AvgIpc) is 3.07. The lowest BCUT2D eigenvalue weighted by atomic mass is 10.1. The fraction of sp³-hybridized carbons (Fsp3) is 0.286. The number of nitrogens with one attached hydrogen (secondary N) is 2. The summed E-state index contributed by atoms with van der Waals surface area (Å²) in [5.41, 5.74) is 3.29. The van der Waals surface area contributed by atoms with Crippen LogP contribution in [0, 0.1) is 0 Å². The van der Waals surface area contributed by atoms with Crippen LogP contribution in [0.15, 0.2) is 42.5 Å². The van der Waals surface area contributed by atoms with Crippen molar-refractivity contribution in [1.29, 1.82) is 0 Å². The molecule has 0 spiro atoms. The van der Waals surface area contributed by atoms with E-state index in [1.807, 2.05) is 42.5 Å². The number of hydrogen-bond donors (Lipinski definition) is 3. The van der Waals surface area contributed by atoms with E-state index >= 15 is 0 Å². The van der Waals surface area contributed by atoms with Gasteiger partial charge in [0.15, 0.2) is 11.5 Å². The summed E-state index contributed by atoms with van der Waals surface area (Å²) in [6, 6.07) is 13.4. The quantitative estimate of drug-likeness (QED) is 0.571. The summed E-state index contributed by atoms with van der Waals surface area (Å²) >= 11 is 0. The number of aromatic amines is 1. The normalized spacial score (nSPS) is 10.8. The summed E-state index contributed by atoms with van der Waals surface area (Å²) in [4.78, 5) is 15.8. The smallest absolute Gasteiger partial charge is 0.268 e. The molecule has 1 heterocycles. The maximum Gasteiger partial charge on any atom is 0.268 e. The van der Waals surface area contributed by atoms with Gasteiger partial charge in [-0.25, -0.2) is 0 Å². The number of aliphatic hydroxyl groups is 1. The van der Waals surface area contributed by atoms with Gasteiger partial charge >= 0.3 is 0 Å². The highest BCUT2D eigenvalue weighted by Crippen LogP contribution is 2.27. The van der Waals surface area contributed by atoms with Crippen LogP contribution in [0.4, 0.5) is 0 Å². The van der Waals surface area contributed by atoms with E-state index in [4.69, 9.17) is 9.47 Å². The zero-order chi connectivity index (χ0) is 19.2. The van der Waals surface area contributed by atoms with Crippen molar-refractivity contribution >= 4 is 16.8 Å². The van der Waals surface area contributed by atoms with Crippen molar-refractivity contribution in [3.8, 4) is 11.5 Å². The first-order valence-corrected chi connectivity index (χ1v) is 8.87. The Morgan fingerprint density at radius 2 is 1.85 bits per heavy atom. The van der Waals surface area contributed by atoms with E-state index in [-0.39, 0.29) is 12.5 Å². The van der Waals surface area contributed by atoms with Crippen LogP contribution in [0.25, 0.3) is 10.9 Å². The molecule has 6 heteroatoms. The third-order valence-corrected chi connectivity index (χ3v) is 4.55. The highest BCUT2D eigenvalue weighted by atomic mass is 16.5. The third-order valence-electron chi connectivity index (χ3n) is 4.55. The molecular weight excluding hydrogens is 344 g/mol. The van der Waals surface area contributed by atoms with Gasteiger partial charge in [-0.2, -0.15) is 0 Å². The molecule has 0 bridgehead atoms. The van der Waals surface area contributed by atoms with Gasteiger partial charge in [-0.15, -0.1) is 0 Å². The largest absolute Gasteiger partial charge is 0.493 e. The summed E-state index contributed by atoms with van der Waals surface area (Å²) in [5.74, 6) is 1.18. The van der Waals surface area contributed by atoms with Crippen LogP contribution in [0.3, 0.4) is 0 Å². The molecule has 0 radical (unpaired) electrons. The van der Waals surface area contributed by atoms with E-state index in [9.17, 15) is 9.90 Å². The van der Waals surface area contributed by atoms with Crippen molar-refractivity contribution in [2.24, 2.45) is 0 Å². The summed E-state index contributed by atoms with van der Waals surface area (Å²) in [7, 11) is 3.20. The van der Waals surface area contributed by atoms with Crippen LogP contribution in [0.5, 0.6) is 11.5 Å². The fourth-order valence-corrected chi connectivity index (χ4v) is 3.21. The zero-order valence-corrected chi connectivity index (χ0v) is 15.5. The van der Waals surface area contributed by atoms with Gasteiger partial charge in [0.25, 0.3) is 5.91 Å². The Balaban J connectivity index is 1.69. The molecule has 3 rings (SSSR count). The van der Waals surface area contributed by atoms with Crippen LogP contribution in [-0.4, -0.2) is 43.4 Å². The van der Waals surface area contributed by atoms with Crippen LogP contribution in [0.1, 0.15) is 21.6 Å². The van der Waals surface area contributed by atoms with E-state index in [0.717, 1.165) is 22.0 Å². The van der Waals surface area contributed by atoms with Gasteiger partial charge in [-0.1, -0.05) is 24.3 Å². The Kier molecular flexibility index (Phi) is 5.98. The number of amides is 1. The van der Waals surface area contributed by atoms with Gasteiger partial charge < -0.3 is 24.9 Å². The maximum absolute atomic E-state index is 12.7. The molecule has 0 saturated heterocycles.